The molecular weight excluding hydrogens is 242 g/mol. The number of aliphatic carboxylic acids is 1. The minimum Gasteiger partial charge on any atom is -0.479 e. The Balaban J connectivity index is 2.94. The average Bonchev–Trinajstić information content (AvgIpc) is 2.22. The lowest BCUT2D eigenvalue weighted by Crippen LogP contribution is -2.34. The van der Waals surface area contributed by atoms with Crippen LogP contribution < -0.4 is 5.32 Å². The highest BCUT2D eigenvalue weighted by atomic mass is 16.4. The smallest absolute Gasteiger partial charge is 0.330 e. The maximum atomic E-state index is 11.7. The summed E-state index contributed by atoms with van der Waals surface area (Å²) in [6.07, 6.45) is 0.328. The summed E-state index contributed by atoms with van der Waals surface area (Å²) in [6, 6.07) is 4.58. The van der Waals surface area contributed by atoms with E-state index < -0.39 is 12.0 Å². The van der Waals surface area contributed by atoms with Crippen molar-refractivity contribution >= 4 is 11.9 Å². The first kappa shape index (κ1) is 15.2. The minimum absolute atomic E-state index is 0.202. The lowest BCUT2D eigenvalue weighted by molar-refractivity contribution is -0.142. The molecule has 0 saturated heterocycles. The van der Waals surface area contributed by atoms with Crippen LogP contribution in [0.1, 0.15) is 43.0 Å². The number of hydrogen-bond acceptors (Lipinski definition) is 2. The topological polar surface area (TPSA) is 66.4 Å². The first-order valence-electron chi connectivity index (χ1n) is 6.40. The van der Waals surface area contributed by atoms with Gasteiger partial charge >= 0.3 is 5.97 Å². The van der Waals surface area contributed by atoms with Gasteiger partial charge in [0, 0.05) is 6.42 Å². The molecule has 1 aromatic rings. The van der Waals surface area contributed by atoms with Crippen molar-refractivity contribution in [3.8, 4) is 0 Å². The van der Waals surface area contributed by atoms with Gasteiger partial charge in [-0.15, -0.1) is 0 Å². The van der Waals surface area contributed by atoms with Crippen LogP contribution in [0.2, 0.25) is 0 Å². The van der Waals surface area contributed by atoms with Crippen LogP contribution in [0, 0.1) is 19.8 Å². The molecule has 0 fully saturated rings. The fourth-order valence-electron chi connectivity index (χ4n) is 2.05. The number of carboxylic acids is 1. The van der Waals surface area contributed by atoms with Crippen molar-refractivity contribution in [3.05, 3.63) is 34.9 Å². The Hall–Kier alpha value is -1.84. The van der Waals surface area contributed by atoms with E-state index in [-0.39, 0.29) is 11.8 Å². The Kier molecular flexibility index (Phi) is 5.10. The zero-order valence-corrected chi connectivity index (χ0v) is 11.9. The van der Waals surface area contributed by atoms with E-state index >= 15 is 0 Å². The maximum Gasteiger partial charge on any atom is 0.330 e. The van der Waals surface area contributed by atoms with E-state index in [2.05, 4.69) is 5.32 Å². The third-order valence-corrected chi connectivity index (χ3v) is 2.72. The van der Waals surface area contributed by atoms with E-state index in [1.807, 2.05) is 33.8 Å². The first-order chi connectivity index (χ1) is 8.79. The fraction of sp³-hybridized carbons (Fsp3) is 0.467. The average molecular weight is 263 g/mol. The van der Waals surface area contributed by atoms with Crippen molar-refractivity contribution in [1.29, 1.82) is 0 Å². The van der Waals surface area contributed by atoms with Gasteiger partial charge in [-0.05, 0) is 25.3 Å². The zero-order chi connectivity index (χ0) is 14.6. The molecule has 4 nitrogen and oxygen atoms in total. The van der Waals surface area contributed by atoms with Crippen molar-refractivity contribution in [2.75, 3.05) is 0 Å². The van der Waals surface area contributed by atoms with Crippen LogP contribution >= 0.6 is 0 Å². The van der Waals surface area contributed by atoms with E-state index in [1.165, 1.54) is 0 Å². The zero-order valence-electron chi connectivity index (χ0n) is 11.9. The SMILES string of the molecule is Cc1cc(C)cc(C(NC(=O)CC(C)C)C(=O)O)c1. The molecule has 0 aliphatic carbocycles. The van der Waals surface area contributed by atoms with Gasteiger partial charge in [0.25, 0.3) is 0 Å². The molecule has 0 spiro atoms. The standard InChI is InChI=1S/C15H21NO3/c1-9(2)5-13(17)16-14(15(18)19)12-7-10(3)6-11(4)8-12/h6-9,14H,5H2,1-4H3,(H,16,17)(H,18,19). The molecule has 0 aliphatic heterocycles. The number of rotatable bonds is 5. The van der Waals surface area contributed by atoms with Crippen molar-refractivity contribution in [3.63, 3.8) is 0 Å². The maximum absolute atomic E-state index is 11.7. The van der Waals surface area contributed by atoms with E-state index in [9.17, 15) is 14.7 Å². The van der Waals surface area contributed by atoms with Gasteiger partial charge in [-0.2, -0.15) is 0 Å². The highest BCUT2D eigenvalue weighted by Crippen LogP contribution is 2.18. The highest BCUT2D eigenvalue weighted by molar-refractivity contribution is 5.84. The normalized spacial score (nSPS) is 12.3. The number of carbonyl (C=O) groups excluding carboxylic acids is 1. The van der Waals surface area contributed by atoms with Crippen LogP contribution in [0.4, 0.5) is 0 Å². The van der Waals surface area contributed by atoms with Gasteiger partial charge in [0.15, 0.2) is 6.04 Å². The van der Waals surface area contributed by atoms with Crippen LogP contribution in [-0.2, 0) is 9.59 Å². The molecule has 0 heterocycles. The summed E-state index contributed by atoms with van der Waals surface area (Å²) in [7, 11) is 0. The number of benzene rings is 1. The molecular formula is C15H21NO3. The molecule has 1 unspecified atom stereocenters. The summed E-state index contributed by atoms with van der Waals surface area (Å²) < 4.78 is 0. The molecule has 0 aliphatic rings. The third-order valence-electron chi connectivity index (χ3n) is 2.72. The molecule has 0 saturated carbocycles. The second-order valence-electron chi connectivity index (χ2n) is 5.36. The van der Waals surface area contributed by atoms with E-state index in [0.29, 0.717) is 12.0 Å². The summed E-state index contributed by atoms with van der Waals surface area (Å²) in [5.74, 6) is -1.07. The summed E-state index contributed by atoms with van der Waals surface area (Å²) in [5.41, 5.74) is 2.58. The van der Waals surface area contributed by atoms with Gasteiger partial charge in [-0.25, -0.2) is 4.79 Å². The Morgan fingerprint density at radius 2 is 1.68 bits per heavy atom. The summed E-state index contributed by atoms with van der Waals surface area (Å²) in [6.45, 7) is 7.66. The molecule has 2 N–H and O–H groups in total. The first-order valence-corrected chi connectivity index (χ1v) is 6.40. The Labute approximate surface area is 113 Å². The second kappa shape index (κ2) is 6.36. The van der Waals surface area contributed by atoms with Crippen molar-refractivity contribution in [2.24, 2.45) is 5.92 Å². The van der Waals surface area contributed by atoms with E-state index in [0.717, 1.165) is 11.1 Å². The molecule has 0 radical (unpaired) electrons. The number of amides is 1. The Bertz CT molecular complexity index is 460. The summed E-state index contributed by atoms with van der Waals surface area (Å²) in [4.78, 5) is 23.1. The van der Waals surface area contributed by atoms with Crippen LogP contribution in [0.3, 0.4) is 0 Å². The molecule has 1 rings (SSSR count). The van der Waals surface area contributed by atoms with Crippen LogP contribution in [0.5, 0.6) is 0 Å². The fourth-order valence-corrected chi connectivity index (χ4v) is 2.05. The van der Waals surface area contributed by atoms with Crippen LogP contribution in [0.15, 0.2) is 18.2 Å². The van der Waals surface area contributed by atoms with Crippen molar-refractivity contribution < 1.29 is 14.7 Å². The monoisotopic (exact) mass is 263 g/mol. The predicted molar refractivity (Wildman–Crippen MR) is 73.9 cm³/mol. The number of nitrogens with one attached hydrogen (secondary N) is 1. The highest BCUT2D eigenvalue weighted by Gasteiger charge is 2.22. The molecule has 19 heavy (non-hydrogen) atoms. The quantitative estimate of drug-likeness (QED) is 0.858. The largest absolute Gasteiger partial charge is 0.479 e. The molecule has 1 aromatic carbocycles. The molecule has 104 valence electrons. The third kappa shape index (κ3) is 4.73. The molecule has 1 amide bonds. The summed E-state index contributed by atoms with van der Waals surface area (Å²) in [5, 5.41) is 11.9. The lowest BCUT2D eigenvalue weighted by atomic mass is 10.0. The number of aryl methyl sites for hydroxylation is 2. The molecule has 0 aromatic heterocycles. The Morgan fingerprint density at radius 3 is 2.11 bits per heavy atom. The lowest BCUT2D eigenvalue weighted by Gasteiger charge is -2.17. The van der Waals surface area contributed by atoms with Crippen molar-refractivity contribution in [2.45, 2.75) is 40.2 Å². The van der Waals surface area contributed by atoms with Crippen molar-refractivity contribution in [1.82, 2.24) is 5.32 Å². The minimum atomic E-state index is -1.04. The molecule has 0 bridgehead atoms. The van der Waals surface area contributed by atoms with Gasteiger partial charge < -0.3 is 10.4 Å². The number of carbonyl (C=O) groups is 2. The van der Waals surface area contributed by atoms with Gasteiger partial charge in [-0.1, -0.05) is 43.2 Å². The summed E-state index contributed by atoms with van der Waals surface area (Å²) >= 11 is 0. The van der Waals surface area contributed by atoms with Crippen LogP contribution in [-0.4, -0.2) is 17.0 Å². The van der Waals surface area contributed by atoms with E-state index in [4.69, 9.17) is 0 Å². The van der Waals surface area contributed by atoms with Gasteiger partial charge in [0.05, 0.1) is 0 Å². The number of carboxylic acid groups (broad SMARTS) is 1. The predicted octanol–water partition coefficient (Wildman–Crippen LogP) is 2.59. The number of hydrogen-bond donors (Lipinski definition) is 2. The van der Waals surface area contributed by atoms with Gasteiger partial charge in [-0.3, -0.25) is 4.79 Å². The van der Waals surface area contributed by atoms with Crippen LogP contribution in [0.25, 0.3) is 0 Å². The molecule has 4 heteroatoms. The van der Waals surface area contributed by atoms with Gasteiger partial charge in [0.2, 0.25) is 5.91 Å². The Morgan fingerprint density at radius 1 is 1.16 bits per heavy atom. The van der Waals surface area contributed by atoms with Gasteiger partial charge in [0.1, 0.15) is 0 Å². The molecule has 1 atom stereocenters. The van der Waals surface area contributed by atoms with E-state index in [1.54, 1.807) is 12.1 Å². The second-order valence-corrected chi connectivity index (χ2v) is 5.36.